The smallest absolute Gasteiger partial charge is 0.244 e. The summed E-state index contributed by atoms with van der Waals surface area (Å²) in [5, 5.41) is 0. The number of piperidine rings is 1. The number of hydrogen-bond acceptors (Lipinski definition) is 4. The van der Waals surface area contributed by atoms with Crippen LogP contribution >= 0.6 is 24.8 Å². The van der Waals surface area contributed by atoms with Crippen molar-refractivity contribution in [2.45, 2.75) is 32.4 Å². The Balaban J connectivity index is 0.00000182. The van der Waals surface area contributed by atoms with Gasteiger partial charge in [-0.15, -0.1) is 24.8 Å². The van der Waals surface area contributed by atoms with Crippen molar-refractivity contribution in [2.75, 3.05) is 46.3 Å². The van der Waals surface area contributed by atoms with E-state index in [1.54, 1.807) is 0 Å². The van der Waals surface area contributed by atoms with Crippen LogP contribution in [0.25, 0.3) is 0 Å². The lowest BCUT2D eigenvalue weighted by Gasteiger charge is -2.45. The van der Waals surface area contributed by atoms with Crippen molar-refractivity contribution < 1.29 is 4.79 Å². The highest BCUT2D eigenvalue weighted by atomic mass is 35.5. The summed E-state index contributed by atoms with van der Waals surface area (Å²) in [7, 11) is 2.14. The zero-order valence-corrected chi connectivity index (χ0v) is 18.3. The van der Waals surface area contributed by atoms with Gasteiger partial charge in [0.15, 0.2) is 0 Å². The molecular weight excluding hydrogens is 383 g/mol. The van der Waals surface area contributed by atoms with Crippen LogP contribution in [0.3, 0.4) is 0 Å². The van der Waals surface area contributed by atoms with E-state index in [2.05, 4.69) is 42.8 Å². The average Bonchev–Trinajstić information content (AvgIpc) is 2.60. The van der Waals surface area contributed by atoms with Crippen molar-refractivity contribution in [3.8, 4) is 0 Å². The molecule has 0 saturated carbocycles. The van der Waals surface area contributed by atoms with E-state index in [-0.39, 0.29) is 48.2 Å². The van der Waals surface area contributed by atoms with E-state index in [1.807, 2.05) is 23.1 Å². The van der Waals surface area contributed by atoms with Gasteiger partial charge >= 0.3 is 0 Å². The van der Waals surface area contributed by atoms with E-state index >= 15 is 0 Å². The van der Waals surface area contributed by atoms with E-state index < -0.39 is 0 Å². The fourth-order valence-electron chi connectivity index (χ4n) is 3.96. The fourth-order valence-corrected chi connectivity index (χ4v) is 3.96. The van der Waals surface area contributed by atoms with Gasteiger partial charge in [0.25, 0.3) is 0 Å². The molecule has 2 heterocycles. The van der Waals surface area contributed by atoms with Crippen LogP contribution in [0.2, 0.25) is 0 Å². The molecule has 2 fully saturated rings. The first-order chi connectivity index (χ1) is 11.9. The lowest BCUT2D eigenvalue weighted by atomic mass is 9.79. The summed E-state index contributed by atoms with van der Waals surface area (Å²) < 4.78 is 0. The van der Waals surface area contributed by atoms with Gasteiger partial charge in [-0.3, -0.25) is 9.69 Å². The monoisotopic (exact) mass is 416 g/mol. The number of likely N-dealkylation sites (tertiary alicyclic amines) is 1. The summed E-state index contributed by atoms with van der Waals surface area (Å²) in [6, 6.07) is 10.2. The van der Waals surface area contributed by atoms with Gasteiger partial charge < -0.3 is 15.5 Å². The van der Waals surface area contributed by atoms with Gasteiger partial charge in [0, 0.05) is 45.3 Å². The number of rotatable bonds is 3. The maximum atomic E-state index is 13.5. The lowest BCUT2D eigenvalue weighted by Crippen LogP contribution is -2.57. The predicted octanol–water partition coefficient (Wildman–Crippen LogP) is 2.40. The number of likely N-dealkylation sites (N-methyl/N-ethyl adjacent to an activating group) is 1. The van der Waals surface area contributed by atoms with Crippen LogP contribution in [0.4, 0.5) is 0 Å². The molecule has 2 unspecified atom stereocenters. The molecule has 27 heavy (non-hydrogen) atoms. The maximum absolute atomic E-state index is 13.5. The molecule has 1 aromatic carbocycles. The van der Waals surface area contributed by atoms with Crippen LogP contribution in [-0.2, 0) is 4.79 Å². The van der Waals surface area contributed by atoms with Crippen molar-refractivity contribution in [3.63, 3.8) is 0 Å². The number of carbonyl (C=O) groups excluding carboxylic acids is 1. The standard InChI is InChI=1S/C20H32N4O.2ClH/c1-20(2)15-24(10-9-17(20)21)19(25)18(16-7-5-4-6-8-16)23-13-11-22(3)12-14-23;;/h4-8,17-18H,9-15,21H2,1-3H3;2*1H. The van der Waals surface area contributed by atoms with E-state index in [4.69, 9.17) is 5.73 Å². The number of nitrogens with zero attached hydrogens (tertiary/aromatic N) is 3. The number of halogens is 2. The van der Waals surface area contributed by atoms with Crippen LogP contribution in [-0.4, -0.2) is 73.0 Å². The van der Waals surface area contributed by atoms with Crippen molar-refractivity contribution in [1.29, 1.82) is 0 Å². The topological polar surface area (TPSA) is 52.8 Å². The molecule has 0 bridgehead atoms. The first-order valence-electron chi connectivity index (χ1n) is 9.40. The maximum Gasteiger partial charge on any atom is 0.244 e. The minimum absolute atomic E-state index is 0. The number of amides is 1. The quantitative estimate of drug-likeness (QED) is 0.821. The molecule has 2 N–H and O–H groups in total. The number of carbonyl (C=O) groups is 1. The zero-order chi connectivity index (χ0) is 18.0. The molecule has 0 aliphatic carbocycles. The van der Waals surface area contributed by atoms with Gasteiger partial charge in [-0.05, 0) is 24.4 Å². The molecule has 154 valence electrons. The molecule has 0 aromatic heterocycles. The number of benzene rings is 1. The highest BCUT2D eigenvalue weighted by molar-refractivity contribution is 5.85. The Morgan fingerprint density at radius 3 is 2.22 bits per heavy atom. The molecule has 2 aliphatic heterocycles. The molecule has 5 nitrogen and oxygen atoms in total. The fraction of sp³-hybridized carbons (Fsp3) is 0.650. The highest BCUT2D eigenvalue weighted by Crippen LogP contribution is 2.31. The molecule has 2 atom stereocenters. The molecule has 2 saturated heterocycles. The normalized spacial score (nSPS) is 24.4. The summed E-state index contributed by atoms with van der Waals surface area (Å²) in [5.74, 6) is 0.232. The second-order valence-electron chi connectivity index (χ2n) is 8.30. The lowest BCUT2D eigenvalue weighted by molar-refractivity contribution is -0.141. The Hall–Kier alpha value is -0.850. The molecule has 1 amide bonds. The predicted molar refractivity (Wildman–Crippen MR) is 116 cm³/mol. The molecule has 1 aromatic rings. The third kappa shape index (κ3) is 5.58. The van der Waals surface area contributed by atoms with Gasteiger partial charge in [0.1, 0.15) is 6.04 Å². The van der Waals surface area contributed by atoms with Crippen LogP contribution in [0.5, 0.6) is 0 Å². The van der Waals surface area contributed by atoms with Gasteiger partial charge in [-0.25, -0.2) is 0 Å². The summed E-state index contributed by atoms with van der Waals surface area (Å²) in [5.41, 5.74) is 7.34. The van der Waals surface area contributed by atoms with Crippen molar-refractivity contribution in [1.82, 2.24) is 14.7 Å². The third-order valence-corrected chi connectivity index (χ3v) is 5.88. The Morgan fingerprint density at radius 2 is 1.67 bits per heavy atom. The summed E-state index contributed by atoms with van der Waals surface area (Å²) in [6.07, 6.45) is 0.878. The zero-order valence-electron chi connectivity index (χ0n) is 16.6. The van der Waals surface area contributed by atoms with E-state index in [0.29, 0.717) is 0 Å². The molecule has 0 radical (unpaired) electrons. The van der Waals surface area contributed by atoms with Gasteiger partial charge in [-0.2, -0.15) is 0 Å². The summed E-state index contributed by atoms with van der Waals surface area (Å²) in [6.45, 7) is 9.72. The van der Waals surface area contributed by atoms with Gasteiger partial charge in [0.2, 0.25) is 5.91 Å². The van der Waals surface area contributed by atoms with Gasteiger partial charge in [-0.1, -0.05) is 44.2 Å². The largest absolute Gasteiger partial charge is 0.340 e. The van der Waals surface area contributed by atoms with Crippen molar-refractivity contribution in [2.24, 2.45) is 11.1 Å². The molecule has 2 aliphatic rings. The number of nitrogens with two attached hydrogens (primary N) is 1. The van der Waals surface area contributed by atoms with Crippen LogP contribution in [0.15, 0.2) is 30.3 Å². The van der Waals surface area contributed by atoms with E-state index in [1.165, 1.54) is 0 Å². The van der Waals surface area contributed by atoms with E-state index in [9.17, 15) is 4.79 Å². The summed E-state index contributed by atoms with van der Waals surface area (Å²) >= 11 is 0. The Kier molecular flexibility index (Phi) is 9.03. The Labute approximate surface area is 176 Å². The average molecular weight is 417 g/mol. The molecule has 3 rings (SSSR count). The second kappa shape index (κ2) is 10.1. The number of hydrogen-bond donors (Lipinski definition) is 1. The van der Waals surface area contributed by atoms with Crippen LogP contribution in [0.1, 0.15) is 31.9 Å². The summed E-state index contributed by atoms with van der Waals surface area (Å²) in [4.78, 5) is 20.2. The van der Waals surface area contributed by atoms with Crippen molar-refractivity contribution in [3.05, 3.63) is 35.9 Å². The molecule has 7 heteroatoms. The van der Waals surface area contributed by atoms with Gasteiger partial charge in [0.05, 0.1) is 0 Å². The molecule has 0 spiro atoms. The van der Waals surface area contributed by atoms with E-state index in [0.717, 1.165) is 51.3 Å². The Morgan fingerprint density at radius 1 is 1.07 bits per heavy atom. The highest BCUT2D eigenvalue weighted by Gasteiger charge is 2.39. The SMILES string of the molecule is CN1CCN(C(C(=O)N2CCC(N)C(C)(C)C2)c2ccccc2)CC1.Cl.Cl. The Bertz CT molecular complexity index is 591. The third-order valence-electron chi connectivity index (χ3n) is 5.88. The minimum atomic E-state index is -0.181. The van der Waals surface area contributed by atoms with Crippen LogP contribution in [0, 0.1) is 5.41 Å². The first kappa shape index (κ1) is 24.2. The first-order valence-corrected chi connectivity index (χ1v) is 9.40. The molecular formula is C20H34Cl2N4O. The second-order valence-corrected chi connectivity index (χ2v) is 8.30. The number of piperazine rings is 1. The van der Waals surface area contributed by atoms with Crippen molar-refractivity contribution >= 4 is 30.7 Å². The van der Waals surface area contributed by atoms with Crippen LogP contribution < -0.4 is 5.73 Å². The minimum Gasteiger partial charge on any atom is -0.340 e.